The SMILES string of the molecule is CCC(CC)n1ccc(CC(NC)C2(OC)CCC2)n1. The van der Waals surface area contributed by atoms with Crippen molar-refractivity contribution in [3.63, 3.8) is 0 Å². The van der Waals surface area contributed by atoms with E-state index in [2.05, 4.69) is 36.1 Å². The molecule has 1 unspecified atom stereocenters. The van der Waals surface area contributed by atoms with E-state index in [1.165, 1.54) is 12.1 Å². The van der Waals surface area contributed by atoms with Crippen LogP contribution in [0.4, 0.5) is 0 Å². The third-order valence-electron chi connectivity index (χ3n) is 4.98. The summed E-state index contributed by atoms with van der Waals surface area (Å²) in [5.74, 6) is 0. The van der Waals surface area contributed by atoms with Gasteiger partial charge in [-0.2, -0.15) is 5.10 Å². The van der Waals surface area contributed by atoms with Crippen LogP contribution in [-0.2, 0) is 11.2 Å². The summed E-state index contributed by atoms with van der Waals surface area (Å²) in [6.07, 6.45) is 8.92. The molecule has 0 aromatic carbocycles. The van der Waals surface area contributed by atoms with Gasteiger partial charge < -0.3 is 10.1 Å². The van der Waals surface area contributed by atoms with E-state index in [9.17, 15) is 0 Å². The molecular weight excluding hydrogens is 250 g/mol. The van der Waals surface area contributed by atoms with Crippen LogP contribution in [0.15, 0.2) is 12.3 Å². The number of hydrogen-bond acceptors (Lipinski definition) is 3. The van der Waals surface area contributed by atoms with Crippen LogP contribution in [-0.4, -0.2) is 35.6 Å². The van der Waals surface area contributed by atoms with Crippen molar-refractivity contribution in [2.75, 3.05) is 14.2 Å². The van der Waals surface area contributed by atoms with Crippen LogP contribution in [0, 0.1) is 0 Å². The van der Waals surface area contributed by atoms with Gasteiger partial charge in [0.25, 0.3) is 0 Å². The smallest absolute Gasteiger partial charge is 0.0834 e. The second kappa shape index (κ2) is 6.72. The van der Waals surface area contributed by atoms with Crippen LogP contribution < -0.4 is 5.32 Å². The first-order valence-electron chi connectivity index (χ1n) is 7.95. The highest BCUT2D eigenvalue weighted by Crippen LogP contribution is 2.39. The molecule has 1 N–H and O–H groups in total. The van der Waals surface area contributed by atoms with Crippen molar-refractivity contribution in [3.8, 4) is 0 Å². The summed E-state index contributed by atoms with van der Waals surface area (Å²) in [4.78, 5) is 0. The van der Waals surface area contributed by atoms with Crippen LogP contribution in [0.25, 0.3) is 0 Å². The predicted octanol–water partition coefficient (Wildman–Crippen LogP) is 2.94. The lowest BCUT2D eigenvalue weighted by Gasteiger charge is -2.46. The van der Waals surface area contributed by atoms with E-state index in [0.29, 0.717) is 12.1 Å². The Labute approximate surface area is 122 Å². The van der Waals surface area contributed by atoms with Crippen molar-refractivity contribution in [1.29, 1.82) is 0 Å². The number of rotatable bonds is 8. The number of likely N-dealkylation sites (N-methyl/N-ethyl adjacent to an activating group) is 1. The van der Waals surface area contributed by atoms with Gasteiger partial charge in [-0.15, -0.1) is 0 Å². The monoisotopic (exact) mass is 279 g/mol. The van der Waals surface area contributed by atoms with Gasteiger partial charge in [0.2, 0.25) is 0 Å². The maximum Gasteiger partial charge on any atom is 0.0834 e. The Kier molecular flexibility index (Phi) is 5.22. The second-order valence-corrected chi connectivity index (χ2v) is 5.93. The zero-order valence-electron chi connectivity index (χ0n) is 13.4. The van der Waals surface area contributed by atoms with Gasteiger partial charge in [-0.3, -0.25) is 4.68 Å². The third kappa shape index (κ3) is 2.91. The van der Waals surface area contributed by atoms with Gasteiger partial charge in [0, 0.05) is 25.8 Å². The van der Waals surface area contributed by atoms with E-state index < -0.39 is 0 Å². The summed E-state index contributed by atoms with van der Waals surface area (Å²) in [6, 6.07) is 3.04. The molecule has 2 rings (SSSR count). The molecule has 1 fully saturated rings. The number of nitrogens with zero attached hydrogens (tertiary/aromatic N) is 2. The van der Waals surface area contributed by atoms with Crippen LogP contribution in [0.3, 0.4) is 0 Å². The Morgan fingerprint density at radius 2 is 2.10 bits per heavy atom. The molecular formula is C16H29N3O. The highest BCUT2D eigenvalue weighted by Gasteiger charge is 2.43. The average molecular weight is 279 g/mol. The average Bonchev–Trinajstić information content (AvgIpc) is 2.87. The lowest BCUT2D eigenvalue weighted by molar-refractivity contribution is -0.0968. The fourth-order valence-electron chi connectivity index (χ4n) is 3.33. The van der Waals surface area contributed by atoms with E-state index in [4.69, 9.17) is 9.84 Å². The minimum Gasteiger partial charge on any atom is -0.377 e. The van der Waals surface area contributed by atoms with Crippen molar-refractivity contribution < 1.29 is 4.74 Å². The van der Waals surface area contributed by atoms with Crippen LogP contribution in [0.1, 0.15) is 57.7 Å². The van der Waals surface area contributed by atoms with Gasteiger partial charge >= 0.3 is 0 Å². The van der Waals surface area contributed by atoms with E-state index in [1.54, 1.807) is 0 Å². The first-order chi connectivity index (χ1) is 9.69. The molecule has 20 heavy (non-hydrogen) atoms. The van der Waals surface area contributed by atoms with Gasteiger partial charge in [0.15, 0.2) is 0 Å². The number of hydrogen-bond donors (Lipinski definition) is 1. The fourth-order valence-corrected chi connectivity index (χ4v) is 3.33. The van der Waals surface area contributed by atoms with Crippen LogP contribution in [0.2, 0.25) is 0 Å². The normalized spacial score (nSPS) is 19.1. The first-order valence-corrected chi connectivity index (χ1v) is 7.95. The van der Waals surface area contributed by atoms with Gasteiger partial charge in [-0.1, -0.05) is 13.8 Å². The van der Waals surface area contributed by atoms with Crippen molar-refractivity contribution >= 4 is 0 Å². The molecule has 1 aromatic rings. The van der Waals surface area contributed by atoms with Gasteiger partial charge in [0.05, 0.1) is 17.3 Å². The molecule has 1 aliphatic carbocycles. The molecule has 4 nitrogen and oxygen atoms in total. The summed E-state index contributed by atoms with van der Waals surface area (Å²) in [7, 11) is 3.87. The molecule has 0 bridgehead atoms. The predicted molar refractivity (Wildman–Crippen MR) is 82.0 cm³/mol. The molecule has 0 saturated heterocycles. The minimum atomic E-state index is 0.0213. The second-order valence-electron chi connectivity index (χ2n) is 5.93. The maximum absolute atomic E-state index is 5.80. The molecule has 0 aliphatic heterocycles. The zero-order valence-corrected chi connectivity index (χ0v) is 13.4. The van der Waals surface area contributed by atoms with Gasteiger partial charge in [-0.05, 0) is 45.2 Å². The Bertz CT molecular complexity index is 402. The lowest BCUT2D eigenvalue weighted by Crippen LogP contribution is -2.56. The van der Waals surface area contributed by atoms with Gasteiger partial charge in [0.1, 0.15) is 0 Å². The summed E-state index contributed by atoms with van der Waals surface area (Å²) in [5.41, 5.74) is 1.19. The first kappa shape index (κ1) is 15.5. The lowest BCUT2D eigenvalue weighted by atomic mass is 9.73. The molecule has 0 amide bonds. The number of aromatic nitrogens is 2. The Balaban J connectivity index is 2.05. The van der Waals surface area contributed by atoms with Gasteiger partial charge in [-0.25, -0.2) is 0 Å². The molecule has 1 aromatic heterocycles. The molecule has 1 atom stereocenters. The maximum atomic E-state index is 5.80. The van der Waals surface area contributed by atoms with Crippen LogP contribution >= 0.6 is 0 Å². The Hall–Kier alpha value is -0.870. The Morgan fingerprint density at radius 1 is 1.40 bits per heavy atom. The molecule has 0 spiro atoms. The molecule has 1 heterocycles. The fraction of sp³-hybridized carbons (Fsp3) is 0.812. The Morgan fingerprint density at radius 3 is 2.55 bits per heavy atom. The van der Waals surface area contributed by atoms with E-state index in [1.807, 2.05) is 14.2 Å². The van der Waals surface area contributed by atoms with Crippen molar-refractivity contribution in [1.82, 2.24) is 15.1 Å². The summed E-state index contributed by atoms with van der Waals surface area (Å²) < 4.78 is 7.93. The van der Waals surface area contributed by atoms with Crippen molar-refractivity contribution in [3.05, 3.63) is 18.0 Å². The molecule has 114 valence electrons. The molecule has 4 heteroatoms. The summed E-state index contributed by atoms with van der Waals surface area (Å²) in [5, 5.41) is 8.20. The number of ether oxygens (including phenoxy) is 1. The summed E-state index contributed by atoms with van der Waals surface area (Å²) in [6.45, 7) is 4.44. The standard InChI is InChI=1S/C16H29N3O/c1-5-14(6-2)19-11-8-13(18-19)12-15(17-3)16(20-4)9-7-10-16/h8,11,14-15,17H,5-7,9-10,12H2,1-4H3. The molecule has 1 aliphatic rings. The van der Waals surface area contributed by atoms with Crippen molar-refractivity contribution in [2.24, 2.45) is 0 Å². The van der Waals surface area contributed by atoms with E-state index in [-0.39, 0.29) is 5.60 Å². The highest BCUT2D eigenvalue weighted by atomic mass is 16.5. The van der Waals surface area contributed by atoms with E-state index >= 15 is 0 Å². The largest absolute Gasteiger partial charge is 0.377 e. The third-order valence-corrected chi connectivity index (χ3v) is 4.98. The highest BCUT2D eigenvalue weighted by molar-refractivity contribution is 5.08. The minimum absolute atomic E-state index is 0.0213. The molecule has 0 radical (unpaired) electrons. The number of nitrogens with one attached hydrogen (secondary N) is 1. The van der Waals surface area contributed by atoms with Crippen molar-refractivity contribution in [2.45, 2.75) is 70.1 Å². The quantitative estimate of drug-likeness (QED) is 0.795. The zero-order chi connectivity index (χ0) is 14.6. The topological polar surface area (TPSA) is 39.1 Å². The molecule has 1 saturated carbocycles. The van der Waals surface area contributed by atoms with Crippen LogP contribution in [0.5, 0.6) is 0 Å². The number of methoxy groups -OCH3 is 1. The summed E-state index contributed by atoms with van der Waals surface area (Å²) >= 11 is 0. The van der Waals surface area contributed by atoms with E-state index in [0.717, 1.165) is 32.1 Å².